The molecule has 0 N–H and O–H groups in total. The predicted molar refractivity (Wildman–Crippen MR) is 76.9 cm³/mol. The highest BCUT2D eigenvalue weighted by molar-refractivity contribution is 9.10. The molecule has 1 amide bonds. The van der Waals surface area contributed by atoms with Crippen molar-refractivity contribution in [2.75, 3.05) is 19.8 Å². The average Bonchev–Trinajstić information content (AvgIpc) is 2.70. The van der Waals surface area contributed by atoms with Crippen molar-refractivity contribution in [3.8, 4) is 5.75 Å². The Kier molecular flexibility index (Phi) is 3.94. The molecule has 1 aromatic heterocycles. The molecule has 0 radical (unpaired) electrons. The first kappa shape index (κ1) is 13.8. The number of pyridine rings is 1. The van der Waals surface area contributed by atoms with Crippen molar-refractivity contribution >= 4 is 21.8 Å². The highest BCUT2D eigenvalue weighted by Crippen LogP contribution is 2.31. The van der Waals surface area contributed by atoms with Gasteiger partial charge in [0.2, 0.25) is 0 Å². The van der Waals surface area contributed by atoms with E-state index in [-0.39, 0.29) is 18.0 Å². The van der Waals surface area contributed by atoms with Crippen molar-refractivity contribution in [1.29, 1.82) is 0 Å². The molecular formula is C14H17BrN2O3. The number of aromatic nitrogens is 1. The van der Waals surface area contributed by atoms with Gasteiger partial charge in [-0.05, 0) is 35.7 Å². The van der Waals surface area contributed by atoms with E-state index in [4.69, 9.17) is 9.47 Å². The van der Waals surface area contributed by atoms with Crippen LogP contribution in [0.25, 0.3) is 0 Å². The maximum absolute atomic E-state index is 12.7. The molecule has 6 heteroatoms. The number of ether oxygens (including phenoxy) is 2. The van der Waals surface area contributed by atoms with E-state index >= 15 is 0 Å². The maximum atomic E-state index is 12.7. The van der Waals surface area contributed by atoms with Crippen molar-refractivity contribution in [3.63, 3.8) is 0 Å². The van der Waals surface area contributed by atoms with E-state index in [1.807, 2.05) is 11.8 Å². The van der Waals surface area contributed by atoms with Crippen molar-refractivity contribution in [2.24, 2.45) is 0 Å². The second-order valence-electron chi connectivity index (χ2n) is 5.07. The molecule has 2 aliphatic rings. The van der Waals surface area contributed by atoms with Crippen LogP contribution in [-0.2, 0) is 4.74 Å². The first-order valence-electron chi connectivity index (χ1n) is 6.89. The number of hydrogen-bond acceptors (Lipinski definition) is 4. The maximum Gasteiger partial charge on any atom is 0.273 e. The minimum atomic E-state index is -0.0192. The fourth-order valence-electron chi connectivity index (χ4n) is 2.90. The van der Waals surface area contributed by atoms with Crippen LogP contribution in [0.4, 0.5) is 0 Å². The number of rotatable bonds is 3. The molecule has 1 aromatic rings. The van der Waals surface area contributed by atoms with E-state index in [1.54, 1.807) is 12.3 Å². The van der Waals surface area contributed by atoms with Gasteiger partial charge in [-0.3, -0.25) is 4.79 Å². The zero-order valence-corrected chi connectivity index (χ0v) is 12.9. The van der Waals surface area contributed by atoms with Crippen LogP contribution in [0.5, 0.6) is 5.75 Å². The number of hydrogen-bond donors (Lipinski definition) is 0. The van der Waals surface area contributed by atoms with Gasteiger partial charge in [0, 0.05) is 12.3 Å². The van der Waals surface area contributed by atoms with Crippen LogP contribution in [0.3, 0.4) is 0 Å². The van der Waals surface area contributed by atoms with Crippen LogP contribution in [0.15, 0.2) is 16.7 Å². The Morgan fingerprint density at radius 1 is 1.50 bits per heavy atom. The lowest BCUT2D eigenvalue weighted by Gasteiger charge is -2.34. The first-order chi connectivity index (χ1) is 9.70. The molecule has 0 aliphatic carbocycles. The largest absolute Gasteiger partial charge is 0.493 e. The van der Waals surface area contributed by atoms with E-state index in [9.17, 15) is 4.79 Å². The normalized spacial score (nSPS) is 24.8. The molecule has 0 spiro atoms. The SMILES string of the molecule is CCOc1cc(C(=O)N2C3CCC2COC3)ncc1Br. The van der Waals surface area contributed by atoms with Crippen LogP contribution < -0.4 is 4.74 Å². The van der Waals surface area contributed by atoms with E-state index in [0.717, 1.165) is 17.3 Å². The van der Waals surface area contributed by atoms with E-state index in [1.165, 1.54) is 0 Å². The number of halogens is 1. The highest BCUT2D eigenvalue weighted by Gasteiger charge is 2.41. The van der Waals surface area contributed by atoms with Crippen LogP contribution in [0, 0.1) is 0 Å². The standard InChI is InChI=1S/C14H17BrN2O3/c1-2-20-13-5-12(16-6-11(13)15)14(18)17-9-3-4-10(17)8-19-7-9/h5-6,9-10H,2-4,7-8H2,1H3. The Balaban J connectivity index is 1.85. The van der Waals surface area contributed by atoms with Gasteiger partial charge in [0.25, 0.3) is 5.91 Å². The average molecular weight is 341 g/mol. The number of fused-ring (bicyclic) bond motifs is 2. The highest BCUT2D eigenvalue weighted by atomic mass is 79.9. The van der Waals surface area contributed by atoms with Crippen LogP contribution in [0.1, 0.15) is 30.3 Å². The Labute approximate surface area is 126 Å². The molecule has 20 heavy (non-hydrogen) atoms. The van der Waals surface area contributed by atoms with Crippen molar-refractivity contribution in [2.45, 2.75) is 31.8 Å². The van der Waals surface area contributed by atoms with Crippen LogP contribution in [0.2, 0.25) is 0 Å². The van der Waals surface area contributed by atoms with Gasteiger partial charge in [-0.15, -0.1) is 0 Å². The molecule has 0 saturated carbocycles. The van der Waals surface area contributed by atoms with Crippen LogP contribution >= 0.6 is 15.9 Å². The van der Waals surface area contributed by atoms with Gasteiger partial charge in [0.05, 0.1) is 36.4 Å². The number of morpholine rings is 1. The summed E-state index contributed by atoms with van der Waals surface area (Å²) in [5.41, 5.74) is 0.440. The lowest BCUT2D eigenvalue weighted by atomic mass is 10.2. The van der Waals surface area contributed by atoms with Gasteiger partial charge in [-0.2, -0.15) is 0 Å². The monoisotopic (exact) mass is 340 g/mol. The number of carbonyl (C=O) groups excluding carboxylic acids is 1. The van der Waals surface area contributed by atoms with Gasteiger partial charge in [0.1, 0.15) is 11.4 Å². The molecule has 3 heterocycles. The molecule has 108 valence electrons. The summed E-state index contributed by atoms with van der Waals surface area (Å²) in [5.74, 6) is 0.640. The van der Waals surface area contributed by atoms with Gasteiger partial charge in [-0.1, -0.05) is 0 Å². The molecule has 2 bridgehead atoms. The molecule has 2 saturated heterocycles. The molecule has 2 unspecified atom stereocenters. The summed E-state index contributed by atoms with van der Waals surface area (Å²) in [6.45, 7) is 3.74. The van der Waals surface area contributed by atoms with Gasteiger partial charge >= 0.3 is 0 Å². The lowest BCUT2D eigenvalue weighted by Crippen LogP contribution is -2.49. The molecule has 3 rings (SSSR count). The van der Waals surface area contributed by atoms with Gasteiger partial charge in [-0.25, -0.2) is 4.98 Å². The molecule has 2 fully saturated rings. The van der Waals surface area contributed by atoms with E-state index in [0.29, 0.717) is 31.3 Å². The smallest absolute Gasteiger partial charge is 0.273 e. The van der Waals surface area contributed by atoms with Crippen molar-refractivity contribution < 1.29 is 14.3 Å². The summed E-state index contributed by atoms with van der Waals surface area (Å²) in [6, 6.07) is 2.11. The molecule has 2 aliphatic heterocycles. The number of carbonyl (C=O) groups is 1. The third-order valence-electron chi connectivity index (χ3n) is 3.81. The summed E-state index contributed by atoms with van der Waals surface area (Å²) >= 11 is 3.38. The zero-order valence-electron chi connectivity index (χ0n) is 11.3. The van der Waals surface area contributed by atoms with Crippen molar-refractivity contribution in [3.05, 3.63) is 22.4 Å². The first-order valence-corrected chi connectivity index (χ1v) is 7.68. The second-order valence-corrected chi connectivity index (χ2v) is 5.92. The molecule has 0 aromatic carbocycles. The Hall–Kier alpha value is -1.14. The summed E-state index contributed by atoms with van der Waals surface area (Å²) in [5, 5.41) is 0. The number of amides is 1. The predicted octanol–water partition coefficient (Wildman–Crippen LogP) is 2.25. The quantitative estimate of drug-likeness (QED) is 0.846. The van der Waals surface area contributed by atoms with Crippen molar-refractivity contribution in [1.82, 2.24) is 9.88 Å². The van der Waals surface area contributed by atoms with Gasteiger partial charge in [0.15, 0.2) is 0 Å². The zero-order chi connectivity index (χ0) is 14.1. The fourth-order valence-corrected chi connectivity index (χ4v) is 3.23. The van der Waals surface area contributed by atoms with E-state index in [2.05, 4.69) is 20.9 Å². The van der Waals surface area contributed by atoms with Gasteiger partial charge < -0.3 is 14.4 Å². The Morgan fingerprint density at radius 3 is 2.85 bits per heavy atom. The fraction of sp³-hybridized carbons (Fsp3) is 0.571. The third kappa shape index (κ3) is 2.42. The number of nitrogens with zero attached hydrogens (tertiary/aromatic N) is 2. The minimum Gasteiger partial charge on any atom is -0.493 e. The topological polar surface area (TPSA) is 51.7 Å². The molecule has 5 nitrogen and oxygen atoms in total. The van der Waals surface area contributed by atoms with E-state index < -0.39 is 0 Å². The summed E-state index contributed by atoms with van der Waals surface area (Å²) in [7, 11) is 0. The Morgan fingerprint density at radius 2 is 2.20 bits per heavy atom. The second kappa shape index (κ2) is 5.69. The molecule has 2 atom stereocenters. The third-order valence-corrected chi connectivity index (χ3v) is 4.41. The van der Waals surface area contributed by atoms with Crippen LogP contribution in [-0.4, -0.2) is 47.7 Å². The summed E-state index contributed by atoms with van der Waals surface area (Å²) in [4.78, 5) is 18.8. The summed E-state index contributed by atoms with van der Waals surface area (Å²) < 4.78 is 11.8. The minimum absolute atomic E-state index is 0.0192. The lowest BCUT2D eigenvalue weighted by molar-refractivity contribution is -0.00748. The summed E-state index contributed by atoms with van der Waals surface area (Å²) in [6.07, 6.45) is 3.66. The Bertz CT molecular complexity index is 507. The molecular weight excluding hydrogens is 324 g/mol.